The number of aromatic nitrogens is 2. The lowest BCUT2D eigenvalue weighted by Gasteiger charge is -2.49. The molecule has 0 N–H and O–H groups in total. The topological polar surface area (TPSA) is 44.6 Å². The van der Waals surface area contributed by atoms with E-state index in [1.807, 2.05) is 0 Å². The van der Waals surface area contributed by atoms with E-state index in [0.717, 1.165) is 45.1 Å². The summed E-state index contributed by atoms with van der Waals surface area (Å²) in [5, 5.41) is 0. The minimum atomic E-state index is 0.00833. The number of aryl methyl sites for hydroxylation is 1. The van der Waals surface area contributed by atoms with Gasteiger partial charge in [0.15, 0.2) is 0 Å². The predicted molar refractivity (Wildman–Crippen MR) is 83.8 cm³/mol. The highest BCUT2D eigenvalue weighted by molar-refractivity contribution is 5.41. The molecule has 6 heteroatoms. The van der Waals surface area contributed by atoms with Gasteiger partial charge in [0.1, 0.15) is 5.82 Å². The van der Waals surface area contributed by atoms with Crippen LogP contribution in [0.15, 0.2) is 17.2 Å². The summed E-state index contributed by atoms with van der Waals surface area (Å²) >= 11 is 0. The van der Waals surface area contributed by atoms with E-state index in [2.05, 4.69) is 33.5 Å². The highest BCUT2D eigenvalue weighted by Gasteiger charge is 2.34. The molecule has 0 spiro atoms. The molecule has 0 unspecified atom stereocenters. The van der Waals surface area contributed by atoms with Gasteiger partial charge in [0.2, 0.25) is 0 Å². The molecule has 116 valence electrons. The van der Waals surface area contributed by atoms with E-state index in [1.54, 1.807) is 19.4 Å². The van der Waals surface area contributed by atoms with Gasteiger partial charge < -0.3 is 9.47 Å². The molecular weight excluding hydrogens is 266 g/mol. The van der Waals surface area contributed by atoms with Gasteiger partial charge in [-0.2, -0.15) is 0 Å². The van der Waals surface area contributed by atoms with Gasteiger partial charge in [0.05, 0.1) is 6.33 Å². The van der Waals surface area contributed by atoms with Crippen LogP contribution in [0.5, 0.6) is 0 Å². The van der Waals surface area contributed by atoms with Crippen molar-refractivity contribution in [1.29, 1.82) is 0 Å². The Bertz CT molecular complexity index is 541. The number of rotatable bonds is 3. The van der Waals surface area contributed by atoms with E-state index in [0.29, 0.717) is 12.1 Å². The third-order valence-electron chi connectivity index (χ3n) is 4.75. The van der Waals surface area contributed by atoms with Crippen molar-refractivity contribution in [3.8, 4) is 0 Å². The van der Waals surface area contributed by atoms with E-state index in [4.69, 9.17) is 0 Å². The molecule has 1 aromatic rings. The fraction of sp³-hybridized carbons (Fsp3) is 0.733. The molecule has 2 aliphatic heterocycles. The maximum atomic E-state index is 11.6. The van der Waals surface area contributed by atoms with Crippen LogP contribution in [0.4, 0.5) is 5.82 Å². The van der Waals surface area contributed by atoms with Gasteiger partial charge in [-0.15, -0.1) is 0 Å². The molecule has 3 heterocycles. The standard InChI is InChI=1S/C15H25N5O/c1-12(2)18-4-6-19(7-5-18)13-9-20(10-13)14-8-15(21)17(3)11-16-14/h8,11-13H,4-7,9-10H2,1-3H3. The van der Waals surface area contributed by atoms with Crippen molar-refractivity contribution in [2.75, 3.05) is 44.2 Å². The zero-order valence-electron chi connectivity index (χ0n) is 13.2. The van der Waals surface area contributed by atoms with Gasteiger partial charge in [-0.25, -0.2) is 4.98 Å². The van der Waals surface area contributed by atoms with Crippen LogP contribution in [0.1, 0.15) is 13.8 Å². The Labute approximate surface area is 126 Å². The van der Waals surface area contributed by atoms with Gasteiger partial charge >= 0.3 is 0 Å². The third kappa shape index (κ3) is 2.96. The first kappa shape index (κ1) is 14.5. The lowest BCUT2D eigenvalue weighted by Crippen LogP contribution is -2.63. The molecule has 2 aliphatic rings. The number of piperazine rings is 1. The van der Waals surface area contributed by atoms with Crippen LogP contribution < -0.4 is 10.5 Å². The highest BCUT2D eigenvalue weighted by Crippen LogP contribution is 2.21. The second-order valence-electron chi connectivity index (χ2n) is 6.42. The van der Waals surface area contributed by atoms with Crippen molar-refractivity contribution in [2.45, 2.75) is 25.9 Å². The minimum absolute atomic E-state index is 0.00833. The smallest absolute Gasteiger partial charge is 0.255 e. The molecule has 6 nitrogen and oxygen atoms in total. The summed E-state index contributed by atoms with van der Waals surface area (Å²) in [6.07, 6.45) is 1.60. The summed E-state index contributed by atoms with van der Waals surface area (Å²) in [7, 11) is 1.73. The zero-order valence-corrected chi connectivity index (χ0v) is 13.2. The molecule has 0 saturated carbocycles. The molecule has 0 bridgehead atoms. The molecule has 0 aromatic carbocycles. The van der Waals surface area contributed by atoms with Crippen LogP contribution in [-0.4, -0.2) is 70.7 Å². The number of anilines is 1. The average Bonchev–Trinajstić information content (AvgIpc) is 2.42. The van der Waals surface area contributed by atoms with Gasteiger partial charge in [-0.05, 0) is 13.8 Å². The van der Waals surface area contributed by atoms with Crippen LogP contribution in [0, 0.1) is 0 Å². The largest absolute Gasteiger partial charge is 0.353 e. The predicted octanol–water partition coefficient (Wildman–Crippen LogP) is -0.00510. The first-order valence-electron chi connectivity index (χ1n) is 7.80. The Morgan fingerprint density at radius 3 is 2.43 bits per heavy atom. The number of hydrogen-bond donors (Lipinski definition) is 0. The Morgan fingerprint density at radius 2 is 1.86 bits per heavy atom. The first-order chi connectivity index (χ1) is 10.0. The Kier molecular flexibility index (Phi) is 3.99. The van der Waals surface area contributed by atoms with Crippen molar-refractivity contribution >= 4 is 5.82 Å². The van der Waals surface area contributed by atoms with Crippen molar-refractivity contribution in [3.05, 3.63) is 22.7 Å². The average molecular weight is 291 g/mol. The first-order valence-corrected chi connectivity index (χ1v) is 7.80. The third-order valence-corrected chi connectivity index (χ3v) is 4.75. The highest BCUT2D eigenvalue weighted by atomic mass is 16.1. The summed E-state index contributed by atoms with van der Waals surface area (Å²) in [6.45, 7) is 11.1. The van der Waals surface area contributed by atoms with E-state index in [1.165, 1.54) is 4.57 Å². The lowest BCUT2D eigenvalue weighted by molar-refractivity contribution is 0.0676. The normalized spacial score (nSPS) is 21.8. The van der Waals surface area contributed by atoms with Crippen molar-refractivity contribution in [3.63, 3.8) is 0 Å². The molecule has 3 rings (SSSR count). The molecule has 0 aliphatic carbocycles. The molecule has 0 atom stereocenters. The maximum absolute atomic E-state index is 11.6. The molecule has 1 aromatic heterocycles. The Hall–Kier alpha value is -1.40. The lowest BCUT2D eigenvalue weighted by atomic mass is 10.1. The van der Waals surface area contributed by atoms with Gasteiger partial charge in [-0.3, -0.25) is 14.6 Å². The fourth-order valence-corrected chi connectivity index (χ4v) is 3.12. The maximum Gasteiger partial charge on any atom is 0.255 e. The van der Waals surface area contributed by atoms with Crippen molar-refractivity contribution in [2.24, 2.45) is 7.05 Å². The monoisotopic (exact) mass is 291 g/mol. The molecule has 0 radical (unpaired) electrons. The Morgan fingerprint density at radius 1 is 1.19 bits per heavy atom. The van der Waals surface area contributed by atoms with Gasteiger partial charge in [0.25, 0.3) is 5.56 Å². The molecule has 0 amide bonds. The van der Waals surface area contributed by atoms with E-state index in [-0.39, 0.29) is 5.56 Å². The summed E-state index contributed by atoms with van der Waals surface area (Å²) < 4.78 is 1.51. The van der Waals surface area contributed by atoms with Gasteiger partial charge in [0, 0.05) is 64.5 Å². The SMILES string of the molecule is CC(C)N1CCN(C2CN(c3cc(=O)n(C)cn3)C2)CC1. The van der Waals surface area contributed by atoms with Gasteiger partial charge in [-0.1, -0.05) is 0 Å². The summed E-state index contributed by atoms with van der Waals surface area (Å²) in [5.74, 6) is 0.815. The molecule has 2 fully saturated rings. The summed E-state index contributed by atoms with van der Waals surface area (Å²) in [6, 6.07) is 2.90. The van der Waals surface area contributed by atoms with Crippen LogP contribution in [-0.2, 0) is 7.05 Å². The minimum Gasteiger partial charge on any atom is -0.353 e. The fourth-order valence-electron chi connectivity index (χ4n) is 3.12. The van der Waals surface area contributed by atoms with Crippen LogP contribution in [0.3, 0.4) is 0 Å². The zero-order chi connectivity index (χ0) is 15.0. The summed E-state index contributed by atoms with van der Waals surface area (Å²) in [5.41, 5.74) is 0.00833. The molecule has 21 heavy (non-hydrogen) atoms. The van der Waals surface area contributed by atoms with E-state index in [9.17, 15) is 4.79 Å². The molecular formula is C15H25N5O. The quantitative estimate of drug-likeness (QED) is 0.784. The van der Waals surface area contributed by atoms with Crippen molar-refractivity contribution < 1.29 is 0 Å². The van der Waals surface area contributed by atoms with Crippen LogP contribution >= 0.6 is 0 Å². The Balaban J connectivity index is 1.52. The summed E-state index contributed by atoms with van der Waals surface area (Å²) in [4.78, 5) is 23.3. The van der Waals surface area contributed by atoms with Crippen LogP contribution in [0.2, 0.25) is 0 Å². The van der Waals surface area contributed by atoms with Crippen LogP contribution in [0.25, 0.3) is 0 Å². The van der Waals surface area contributed by atoms with Crippen molar-refractivity contribution in [1.82, 2.24) is 19.4 Å². The van der Waals surface area contributed by atoms with E-state index < -0.39 is 0 Å². The van der Waals surface area contributed by atoms with E-state index >= 15 is 0 Å². The molecule has 2 saturated heterocycles. The second-order valence-corrected chi connectivity index (χ2v) is 6.42. The number of nitrogens with zero attached hydrogens (tertiary/aromatic N) is 5. The second kappa shape index (κ2) is 5.77. The number of hydrogen-bond acceptors (Lipinski definition) is 5.